The first-order chi connectivity index (χ1) is 15.0. The molecule has 8 heteroatoms. The lowest BCUT2D eigenvalue weighted by molar-refractivity contribution is -0.143. The van der Waals surface area contributed by atoms with Gasteiger partial charge in [0.15, 0.2) is 0 Å². The van der Waals surface area contributed by atoms with E-state index in [1.54, 1.807) is 32.9 Å². The first-order valence-electron chi connectivity index (χ1n) is 11.3. The number of nitrogens with zero attached hydrogens (tertiary/aromatic N) is 1. The quantitative estimate of drug-likeness (QED) is 0.450. The highest BCUT2D eigenvalue weighted by Crippen LogP contribution is 2.23. The Morgan fingerprint density at radius 2 is 1.69 bits per heavy atom. The van der Waals surface area contributed by atoms with Gasteiger partial charge in [0.25, 0.3) is 0 Å². The van der Waals surface area contributed by atoms with E-state index in [0.717, 1.165) is 12.8 Å². The van der Waals surface area contributed by atoms with Gasteiger partial charge in [-0.05, 0) is 46.6 Å². The molecule has 0 aliphatic heterocycles. The van der Waals surface area contributed by atoms with Gasteiger partial charge in [0.05, 0.1) is 6.61 Å². The largest absolute Gasteiger partial charge is 0.444 e. The molecular weight excluding hydrogens is 410 g/mol. The lowest BCUT2D eigenvalue weighted by Crippen LogP contribution is -2.55. The summed E-state index contributed by atoms with van der Waals surface area (Å²) in [4.78, 5) is 40.3. The van der Waals surface area contributed by atoms with Crippen molar-refractivity contribution in [3.8, 4) is 0 Å². The number of aliphatic hydroxyl groups excluding tert-OH is 1. The number of hydrogen-bond acceptors (Lipinski definition) is 5. The molecule has 8 nitrogen and oxygen atoms in total. The molecule has 180 valence electrons. The molecule has 2 atom stereocenters. The normalized spacial score (nSPS) is 13.2. The van der Waals surface area contributed by atoms with Crippen molar-refractivity contribution < 1.29 is 24.2 Å². The minimum absolute atomic E-state index is 0.116. The van der Waals surface area contributed by atoms with E-state index in [4.69, 9.17) is 4.74 Å². The van der Waals surface area contributed by atoms with Crippen molar-refractivity contribution in [1.82, 2.24) is 15.5 Å². The second kappa shape index (κ2) is 13.1. The molecule has 0 spiro atoms. The molecule has 0 bridgehead atoms. The molecule has 0 aliphatic carbocycles. The summed E-state index contributed by atoms with van der Waals surface area (Å²) in [6, 6.07) is 6.80. The van der Waals surface area contributed by atoms with Crippen molar-refractivity contribution in [2.75, 3.05) is 13.2 Å². The molecule has 1 aromatic carbocycles. The third kappa shape index (κ3) is 9.26. The smallest absolute Gasteiger partial charge is 0.408 e. The van der Waals surface area contributed by atoms with E-state index in [1.807, 2.05) is 39.0 Å². The molecular formula is C24H39N3O5. The van der Waals surface area contributed by atoms with Gasteiger partial charge in [-0.2, -0.15) is 0 Å². The predicted octanol–water partition coefficient (Wildman–Crippen LogP) is 3.16. The Balaban J connectivity index is 3.28. The van der Waals surface area contributed by atoms with Crippen LogP contribution < -0.4 is 10.6 Å². The molecule has 0 aliphatic rings. The van der Waals surface area contributed by atoms with E-state index < -0.39 is 36.3 Å². The molecule has 1 rings (SSSR count). The predicted molar refractivity (Wildman–Crippen MR) is 124 cm³/mol. The number of aliphatic hydroxyl groups is 1. The van der Waals surface area contributed by atoms with Crippen molar-refractivity contribution in [1.29, 1.82) is 0 Å². The number of carbonyl (C=O) groups excluding carboxylic acids is 3. The van der Waals surface area contributed by atoms with Crippen molar-refractivity contribution in [2.45, 2.75) is 84.5 Å². The third-order valence-electron chi connectivity index (χ3n) is 4.56. The lowest BCUT2D eigenvalue weighted by Gasteiger charge is -2.34. The van der Waals surface area contributed by atoms with E-state index in [1.165, 1.54) is 4.90 Å². The van der Waals surface area contributed by atoms with Crippen LogP contribution in [0.1, 0.15) is 72.4 Å². The topological polar surface area (TPSA) is 108 Å². The van der Waals surface area contributed by atoms with Crippen LogP contribution in [-0.4, -0.2) is 58.8 Å². The fraction of sp³-hybridized carbons (Fsp3) is 0.625. The van der Waals surface area contributed by atoms with Crippen LogP contribution in [0.2, 0.25) is 0 Å². The number of amides is 3. The fourth-order valence-corrected chi connectivity index (χ4v) is 3.21. The maximum Gasteiger partial charge on any atom is 0.408 e. The number of alkyl carbamates (subject to hydrolysis) is 1. The van der Waals surface area contributed by atoms with Gasteiger partial charge >= 0.3 is 6.09 Å². The Morgan fingerprint density at radius 1 is 1.06 bits per heavy atom. The van der Waals surface area contributed by atoms with Crippen molar-refractivity contribution in [3.05, 3.63) is 35.9 Å². The third-order valence-corrected chi connectivity index (χ3v) is 4.56. The number of benzene rings is 1. The molecule has 0 saturated heterocycles. The summed E-state index contributed by atoms with van der Waals surface area (Å²) < 4.78 is 5.23. The Hall–Kier alpha value is -2.61. The molecule has 3 N–H and O–H groups in total. The highest BCUT2D eigenvalue weighted by atomic mass is 16.6. The SMILES string of the molecule is CCCCCN(C(=O)C(CO)NC(=O)OC(C)(C)C)C(C(=O)NC(C)C)c1ccccc1. The molecule has 0 heterocycles. The Kier molecular flexibility index (Phi) is 11.2. The van der Waals surface area contributed by atoms with Gasteiger partial charge in [-0.1, -0.05) is 50.1 Å². The van der Waals surface area contributed by atoms with E-state index >= 15 is 0 Å². The second-order valence-corrected chi connectivity index (χ2v) is 9.10. The van der Waals surface area contributed by atoms with Gasteiger partial charge in [-0.3, -0.25) is 9.59 Å². The summed E-state index contributed by atoms with van der Waals surface area (Å²) in [5.74, 6) is -0.854. The van der Waals surface area contributed by atoms with Crippen LogP contribution in [0.25, 0.3) is 0 Å². The van der Waals surface area contributed by atoms with Crippen LogP contribution in [0.15, 0.2) is 30.3 Å². The van der Waals surface area contributed by atoms with Gasteiger partial charge in [0.1, 0.15) is 17.7 Å². The van der Waals surface area contributed by atoms with E-state index in [9.17, 15) is 19.5 Å². The van der Waals surface area contributed by atoms with Crippen molar-refractivity contribution in [3.63, 3.8) is 0 Å². The number of ether oxygens (including phenoxy) is 1. The van der Waals surface area contributed by atoms with Crippen LogP contribution in [0.5, 0.6) is 0 Å². The molecule has 0 aromatic heterocycles. The van der Waals surface area contributed by atoms with Gasteiger partial charge in [-0.15, -0.1) is 0 Å². The number of unbranched alkanes of at least 4 members (excludes halogenated alkanes) is 2. The second-order valence-electron chi connectivity index (χ2n) is 9.10. The summed E-state index contributed by atoms with van der Waals surface area (Å²) in [5.41, 5.74) is -0.0954. The van der Waals surface area contributed by atoms with Gasteiger partial charge in [-0.25, -0.2) is 4.79 Å². The highest BCUT2D eigenvalue weighted by Gasteiger charge is 2.35. The van der Waals surface area contributed by atoms with Gasteiger partial charge in [0.2, 0.25) is 11.8 Å². The molecule has 1 aromatic rings. The summed E-state index contributed by atoms with van der Waals surface area (Å²) in [7, 11) is 0. The average molecular weight is 450 g/mol. The van der Waals surface area contributed by atoms with Crippen LogP contribution in [0.4, 0.5) is 4.79 Å². The Labute approximate surface area is 191 Å². The van der Waals surface area contributed by atoms with Crippen LogP contribution >= 0.6 is 0 Å². The molecule has 0 fully saturated rings. The van der Waals surface area contributed by atoms with Gasteiger partial charge < -0.3 is 25.4 Å². The molecule has 0 radical (unpaired) electrons. The maximum absolute atomic E-state index is 13.5. The molecule has 3 amide bonds. The van der Waals surface area contributed by atoms with E-state index in [2.05, 4.69) is 10.6 Å². The Morgan fingerprint density at radius 3 is 2.19 bits per heavy atom. The zero-order chi connectivity index (χ0) is 24.3. The maximum atomic E-state index is 13.5. The molecule has 0 saturated carbocycles. The summed E-state index contributed by atoms with van der Waals surface area (Å²) in [6.07, 6.45) is 1.70. The Bertz CT molecular complexity index is 731. The number of hydrogen-bond donors (Lipinski definition) is 3. The zero-order valence-electron chi connectivity index (χ0n) is 20.2. The van der Waals surface area contributed by atoms with E-state index in [0.29, 0.717) is 18.5 Å². The minimum Gasteiger partial charge on any atom is -0.444 e. The van der Waals surface area contributed by atoms with Gasteiger partial charge in [0, 0.05) is 12.6 Å². The van der Waals surface area contributed by atoms with Crippen molar-refractivity contribution in [2.24, 2.45) is 0 Å². The summed E-state index contributed by atoms with van der Waals surface area (Å²) in [6.45, 7) is 10.6. The number of nitrogens with one attached hydrogen (secondary N) is 2. The minimum atomic E-state index is -1.23. The van der Waals surface area contributed by atoms with E-state index in [-0.39, 0.29) is 11.9 Å². The highest BCUT2D eigenvalue weighted by molar-refractivity contribution is 5.92. The lowest BCUT2D eigenvalue weighted by atomic mass is 10.0. The van der Waals surface area contributed by atoms with Crippen LogP contribution in [-0.2, 0) is 14.3 Å². The molecule has 32 heavy (non-hydrogen) atoms. The zero-order valence-corrected chi connectivity index (χ0v) is 20.2. The number of carbonyl (C=O) groups is 3. The summed E-state index contributed by atoms with van der Waals surface area (Å²) in [5, 5.41) is 15.2. The number of rotatable bonds is 11. The first-order valence-corrected chi connectivity index (χ1v) is 11.3. The average Bonchev–Trinajstić information content (AvgIpc) is 2.69. The fourth-order valence-electron chi connectivity index (χ4n) is 3.21. The van der Waals surface area contributed by atoms with Crippen LogP contribution in [0, 0.1) is 0 Å². The van der Waals surface area contributed by atoms with Crippen molar-refractivity contribution >= 4 is 17.9 Å². The monoisotopic (exact) mass is 449 g/mol. The van der Waals surface area contributed by atoms with Crippen LogP contribution in [0.3, 0.4) is 0 Å². The first kappa shape index (κ1) is 27.4. The molecule has 2 unspecified atom stereocenters. The summed E-state index contributed by atoms with van der Waals surface area (Å²) >= 11 is 0. The standard InChI is InChI=1S/C24H39N3O5/c1-7-8-12-15-27(22(30)19(16-28)26-23(31)32-24(4,5)6)20(21(29)25-17(2)3)18-13-10-9-11-14-18/h9-11,13-14,17,19-20,28H,7-8,12,15-16H2,1-6H3,(H,25,29)(H,26,31).